The first-order valence-electron chi connectivity index (χ1n) is 3.93. The molecule has 0 atom stereocenters. The van der Waals surface area contributed by atoms with Crippen LogP contribution < -0.4 is 16.4 Å². The van der Waals surface area contributed by atoms with E-state index in [0.717, 1.165) is 18.2 Å². The van der Waals surface area contributed by atoms with Crippen LogP contribution in [0, 0.1) is 0 Å². The molecule has 0 radical (unpaired) electrons. The van der Waals surface area contributed by atoms with Crippen LogP contribution >= 0.6 is 11.3 Å². The normalized spacial score (nSPS) is 10.2. The van der Waals surface area contributed by atoms with Crippen molar-refractivity contribution in [3.8, 4) is 0 Å². The Morgan fingerprint density at radius 2 is 2.00 bits per heavy atom. The van der Waals surface area contributed by atoms with E-state index < -0.39 is 0 Å². The van der Waals surface area contributed by atoms with E-state index in [2.05, 4.69) is 9.88 Å². The maximum atomic E-state index is 5.46. The van der Waals surface area contributed by atoms with Crippen LogP contribution in [0.2, 0.25) is 0 Å². The van der Waals surface area contributed by atoms with Gasteiger partial charge in [-0.3, -0.25) is 0 Å². The number of thiazole rings is 1. The van der Waals surface area contributed by atoms with Crippen molar-refractivity contribution in [1.29, 1.82) is 0 Å². The van der Waals surface area contributed by atoms with Gasteiger partial charge in [0.2, 0.25) is 0 Å². The molecule has 68 valence electrons. The molecular formula is C7H14N4S. The van der Waals surface area contributed by atoms with Gasteiger partial charge in [0.1, 0.15) is 0 Å². The molecule has 4 N–H and O–H groups in total. The molecular weight excluding hydrogens is 172 g/mol. The summed E-state index contributed by atoms with van der Waals surface area (Å²) in [6.07, 6.45) is 1.79. The number of anilines is 1. The lowest BCUT2D eigenvalue weighted by Crippen LogP contribution is -2.33. The van der Waals surface area contributed by atoms with E-state index in [0.29, 0.717) is 13.1 Å². The molecule has 0 saturated heterocycles. The van der Waals surface area contributed by atoms with E-state index in [-0.39, 0.29) is 0 Å². The molecule has 0 aliphatic heterocycles. The van der Waals surface area contributed by atoms with Crippen molar-refractivity contribution in [2.45, 2.75) is 0 Å². The van der Waals surface area contributed by atoms with Crippen molar-refractivity contribution in [1.82, 2.24) is 4.98 Å². The van der Waals surface area contributed by atoms with E-state index in [1.165, 1.54) is 0 Å². The van der Waals surface area contributed by atoms with Gasteiger partial charge < -0.3 is 16.4 Å². The first-order chi connectivity index (χ1) is 5.88. The second-order valence-corrected chi connectivity index (χ2v) is 3.25. The summed E-state index contributed by atoms with van der Waals surface area (Å²) < 4.78 is 0. The molecule has 0 saturated carbocycles. The minimum atomic E-state index is 0.638. The topological polar surface area (TPSA) is 68.2 Å². The maximum absolute atomic E-state index is 5.46. The third-order valence-electron chi connectivity index (χ3n) is 1.49. The highest BCUT2D eigenvalue weighted by Gasteiger charge is 2.05. The molecule has 1 aromatic heterocycles. The summed E-state index contributed by atoms with van der Waals surface area (Å²) in [7, 11) is 0. The molecule has 5 heteroatoms. The molecule has 12 heavy (non-hydrogen) atoms. The van der Waals surface area contributed by atoms with Gasteiger partial charge in [-0.1, -0.05) is 0 Å². The quantitative estimate of drug-likeness (QED) is 0.672. The van der Waals surface area contributed by atoms with E-state index in [1.807, 2.05) is 5.38 Å². The van der Waals surface area contributed by atoms with E-state index in [9.17, 15) is 0 Å². The van der Waals surface area contributed by atoms with Crippen molar-refractivity contribution in [3.05, 3.63) is 11.6 Å². The average Bonchev–Trinajstić information content (AvgIpc) is 2.56. The predicted octanol–water partition coefficient (Wildman–Crippen LogP) is -0.133. The zero-order valence-corrected chi connectivity index (χ0v) is 7.76. The largest absolute Gasteiger partial charge is 0.346 e. The number of nitrogens with two attached hydrogens (primary N) is 2. The molecule has 0 aliphatic rings. The van der Waals surface area contributed by atoms with Gasteiger partial charge in [0.25, 0.3) is 0 Å². The molecule has 0 spiro atoms. The molecule has 0 aliphatic carbocycles. The Kier molecular flexibility index (Phi) is 3.99. The molecule has 0 aromatic carbocycles. The minimum Gasteiger partial charge on any atom is -0.346 e. The Labute approximate surface area is 76.2 Å². The molecule has 0 unspecified atom stereocenters. The summed E-state index contributed by atoms with van der Waals surface area (Å²) in [4.78, 5) is 6.29. The van der Waals surface area contributed by atoms with E-state index in [1.54, 1.807) is 17.5 Å². The SMILES string of the molecule is NCCN(CCN)c1nccs1. The summed E-state index contributed by atoms with van der Waals surface area (Å²) in [6, 6.07) is 0. The van der Waals surface area contributed by atoms with Crippen LogP contribution in [0.25, 0.3) is 0 Å². The lowest BCUT2D eigenvalue weighted by molar-refractivity contribution is 0.779. The Morgan fingerprint density at radius 3 is 2.42 bits per heavy atom. The Bertz CT molecular complexity index is 193. The van der Waals surface area contributed by atoms with Crippen molar-refractivity contribution >= 4 is 16.5 Å². The van der Waals surface area contributed by atoms with Gasteiger partial charge in [-0.25, -0.2) is 4.98 Å². The van der Waals surface area contributed by atoms with Gasteiger partial charge in [-0.05, 0) is 0 Å². The number of aromatic nitrogens is 1. The van der Waals surface area contributed by atoms with Gasteiger partial charge in [0.15, 0.2) is 5.13 Å². The number of hydrogen-bond donors (Lipinski definition) is 2. The molecule has 0 amide bonds. The van der Waals surface area contributed by atoms with Gasteiger partial charge in [-0.15, -0.1) is 11.3 Å². The average molecular weight is 186 g/mol. The first-order valence-corrected chi connectivity index (χ1v) is 4.81. The lowest BCUT2D eigenvalue weighted by atomic mass is 10.5. The molecule has 4 nitrogen and oxygen atoms in total. The zero-order valence-electron chi connectivity index (χ0n) is 6.94. The van der Waals surface area contributed by atoms with Crippen molar-refractivity contribution in [2.24, 2.45) is 11.5 Å². The van der Waals surface area contributed by atoms with E-state index in [4.69, 9.17) is 11.5 Å². The van der Waals surface area contributed by atoms with Gasteiger partial charge in [0, 0.05) is 37.8 Å². The third-order valence-corrected chi connectivity index (χ3v) is 2.32. The van der Waals surface area contributed by atoms with Crippen LogP contribution in [-0.4, -0.2) is 31.2 Å². The number of rotatable bonds is 5. The van der Waals surface area contributed by atoms with Crippen molar-refractivity contribution in [2.75, 3.05) is 31.1 Å². The summed E-state index contributed by atoms with van der Waals surface area (Å²) in [5.74, 6) is 0. The van der Waals surface area contributed by atoms with Crippen LogP contribution in [0.4, 0.5) is 5.13 Å². The number of nitrogens with zero attached hydrogens (tertiary/aromatic N) is 2. The fourth-order valence-corrected chi connectivity index (χ4v) is 1.68. The molecule has 1 heterocycles. The van der Waals surface area contributed by atoms with Crippen LogP contribution in [0.3, 0.4) is 0 Å². The fourth-order valence-electron chi connectivity index (χ4n) is 0.987. The second-order valence-electron chi connectivity index (χ2n) is 2.38. The highest BCUT2D eigenvalue weighted by Crippen LogP contribution is 2.15. The summed E-state index contributed by atoms with van der Waals surface area (Å²) >= 11 is 1.61. The van der Waals surface area contributed by atoms with Gasteiger partial charge >= 0.3 is 0 Å². The highest BCUT2D eigenvalue weighted by atomic mass is 32.1. The smallest absolute Gasteiger partial charge is 0.185 e. The molecule has 1 rings (SSSR count). The van der Waals surface area contributed by atoms with Crippen LogP contribution in [0.5, 0.6) is 0 Å². The van der Waals surface area contributed by atoms with Gasteiger partial charge in [0.05, 0.1) is 0 Å². The first kappa shape index (κ1) is 9.44. The lowest BCUT2D eigenvalue weighted by Gasteiger charge is -2.19. The minimum absolute atomic E-state index is 0.638. The monoisotopic (exact) mass is 186 g/mol. The zero-order chi connectivity index (χ0) is 8.81. The van der Waals surface area contributed by atoms with Crippen LogP contribution in [0.15, 0.2) is 11.6 Å². The fraction of sp³-hybridized carbons (Fsp3) is 0.571. The van der Waals surface area contributed by atoms with Crippen LogP contribution in [0.1, 0.15) is 0 Å². The van der Waals surface area contributed by atoms with Crippen LogP contribution in [-0.2, 0) is 0 Å². The predicted molar refractivity (Wildman–Crippen MR) is 52.4 cm³/mol. The van der Waals surface area contributed by atoms with Crippen molar-refractivity contribution in [3.63, 3.8) is 0 Å². The standard InChI is InChI=1S/C7H14N4S/c8-1-4-11(5-2-9)7-10-3-6-12-7/h3,6H,1-2,4-5,8-9H2. The Balaban J connectivity index is 2.53. The van der Waals surface area contributed by atoms with Crippen molar-refractivity contribution < 1.29 is 0 Å². The molecule has 0 bridgehead atoms. The third kappa shape index (κ3) is 2.44. The highest BCUT2D eigenvalue weighted by molar-refractivity contribution is 7.13. The molecule has 0 fully saturated rings. The summed E-state index contributed by atoms with van der Waals surface area (Å²) in [5, 5.41) is 2.96. The van der Waals surface area contributed by atoms with E-state index >= 15 is 0 Å². The second kappa shape index (κ2) is 5.08. The Morgan fingerprint density at radius 1 is 1.33 bits per heavy atom. The number of hydrogen-bond acceptors (Lipinski definition) is 5. The summed E-state index contributed by atoms with van der Waals surface area (Å²) in [6.45, 7) is 2.93. The Hall–Kier alpha value is -0.650. The summed E-state index contributed by atoms with van der Waals surface area (Å²) in [5.41, 5.74) is 10.9. The van der Waals surface area contributed by atoms with Gasteiger partial charge in [-0.2, -0.15) is 0 Å². The maximum Gasteiger partial charge on any atom is 0.185 e. The molecule has 1 aromatic rings.